The molecule has 18 heavy (non-hydrogen) atoms. The Balaban J connectivity index is 1.96. The lowest BCUT2D eigenvalue weighted by Gasteiger charge is -2.22. The quantitative estimate of drug-likeness (QED) is 0.858. The first-order valence-electron chi connectivity index (χ1n) is 6.08. The number of rotatable bonds is 4. The molecule has 4 nitrogen and oxygen atoms in total. The van der Waals surface area contributed by atoms with Crippen molar-refractivity contribution in [2.75, 3.05) is 25.1 Å². The SMILES string of the molecule is NC(=O)c1cc(NCC2CCCOC2)ccc1F. The van der Waals surface area contributed by atoms with Crippen molar-refractivity contribution in [3.8, 4) is 0 Å². The van der Waals surface area contributed by atoms with Crippen LogP contribution in [0.3, 0.4) is 0 Å². The van der Waals surface area contributed by atoms with Crippen LogP contribution in [-0.2, 0) is 4.74 Å². The Labute approximate surface area is 105 Å². The highest BCUT2D eigenvalue weighted by Crippen LogP contribution is 2.17. The van der Waals surface area contributed by atoms with E-state index in [4.69, 9.17) is 10.5 Å². The predicted octanol–water partition coefficient (Wildman–Crippen LogP) is 1.76. The minimum absolute atomic E-state index is 0.0834. The second-order valence-electron chi connectivity index (χ2n) is 4.52. The van der Waals surface area contributed by atoms with Gasteiger partial charge in [0, 0.05) is 18.8 Å². The topological polar surface area (TPSA) is 64.4 Å². The molecule has 0 radical (unpaired) electrons. The summed E-state index contributed by atoms with van der Waals surface area (Å²) in [5.74, 6) is -0.882. The second kappa shape index (κ2) is 5.82. The van der Waals surface area contributed by atoms with Crippen LogP contribution in [0.2, 0.25) is 0 Å². The molecule has 2 rings (SSSR count). The molecule has 5 heteroatoms. The number of carbonyl (C=O) groups is 1. The maximum absolute atomic E-state index is 13.3. The molecule has 1 fully saturated rings. The van der Waals surface area contributed by atoms with Gasteiger partial charge in [-0.15, -0.1) is 0 Å². The summed E-state index contributed by atoms with van der Waals surface area (Å²) in [4.78, 5) is 11.0. The number of nitrogens with two attached hydrogens (primary N) is 1. The Bertz CT molecular complexity index is 431. The van der Waals surface area contributed by atoms with Crippen molar-refractivity contribution < 1.29 is 13.9 Å². The number of anilines is 1. The van der Waals surface area contributed by atoms with Gasteiger partial charge in [0.05, 0.1) is 12.2 Å². The minimum Gasteiger partial charge on any atom is -0.385 e. The largest absolute Gasteiger partial charge is 0.385 e. The van der Waals surface area contributed by atoms with E-state index in [2.05, 4.69) is 5.32 Å². The highest BCUT2D eigenvalue weighted by Gasteiger charge is 2.14. The summed E-state index contributed by atoms with van der Waals surface area (Å²) in [6, 6.07) is 4.30. The molecule has 0 bridgehead atoms. The fourth-order valence-electron chi connectivity index (χ4n) is 2.05. The molecule has 1 heterocycles. The van der Waals surface area contributed by atoms with Gasteiger partial charge in [-0.3, -0.25) is 4.79 Å². The van der Waals surface area contributed by atoms with Gasteiger partial charge in [-0.2, -0.15) is 0 Å². The Morgan fingerprint density at radius 2 is 2.39 bits per heavy atom. The van der Waals surface area contributed by atoms with Gasteiger partial charge in [-0.25, -0.2) is 4.39 Å². The molecular formula is C13H17FN2O2. The second-order valence-corrected chi connectivity index (χ2v) is 4.52. The molecule has 3 N–H and O–H groups in total. The van der Waals surface area contributed by atoms with E-state index in [1.54, 1.807) is 6.07 Å². The van der Waals surface area contributed by atoms with Gasteiger partial charge in [0.25, 0.3) is 5.91 Å². The third kappa shape index (κ3) is 3.20. The van der Waals surface area contributed by atoms with Crippen LogP contribution in [0.25, 0.3) is 0 Å². The number of nitrogens with one attached hydrogen (secondary N) is 1. The van der Waals surface area contributed by atoms with Gasteiger partial charge in [-0.1, -0.05) is 0 Å². The Hall–Kier alpha value is -1.62. The zero-order valence-electron chi connectivity index (χ0n) is 10.1. The molecule has 1 amide bonds. The number of halogens is 1. The lowest BCUT2D eigenvalue weighted by molar-refractivity contribution is 0.0595. The van der Waals surface area contributed by atoms with Gasteiger partial charge in [-0.05, 0) is 37.0 Å². The van der Waals surface area contributed by atoms with Crippen molar-refractivity contribution in [1.82, 2.24) is 0 Å². The summed E-state index contributed by atoms with van der Waals surface area (Å²) in [6.07, 6.45) is 2.19. The maximum atomic E-state index is 13.3. The molecule has 1 unspecified atom stereocenters. The van der Waals surface area contributed by atoms with Crippen molar-refractivity contribution >= 4 is 11.6 Å². The summed E-state index contributed by atoms with van der Waals surface area (Å²) in [7, 11) is 0. The van der Waals surface area contributed by atoms with Crippen molar-refractivity contribution in [3.05, 3.63) is 29.6 Å². The summed E-state index contributed by atoms with van der Waals surface area (Å²) in [6.45, 7) is 2.33. The van der Waals surface area contributed by atoms with Crippen LogP contribution in [0.5, 0.6) is 0 Å². The fourth-order valence-corrected chi connectivity index (χ4v) is 2.05. The molecule has 98 valence electrons. The van der Waals surface area contributed by atoms with Gasteiger partial charge in [0.2, 0.25) is 0 Å². The molecule has 1 aliphatic rings. The smallest absolute Gasteiger partial charge is 0.251 e. The molecule has 1 saturated heterocycles. The first-order valence-corrected chi connectivity index (χ1v) is 6.08. The van der Waals surface area contributed by atoms with Crippen LogP contribution in [0.15, 0.2) is 18.2 Å². The number of ether oxygens (including phenoxy) is 1. The van der Waals surface area contributed by atoms with Crippen LogP contribution in [0, 0.1) is 11.7 Å². The molecule has 1 aromatic carbocycles. The maximum Gasteiger partial charge on any atom is 0.251 e. The van der Waals surface area contributed by atoms with E-state index in [9.17, 15) is 9.18 Å². The lowest BCUT2D eigenvalue weighted by Crippen LogP contribution is -2.24. The van der Waals surface area contributed by atoms with Crippen LogP contribution in [-0.4, -0.2) is 25.7 Å². The van der Waals surface area contributed by atoms with E-state index in [1.807, 2.05) is 0 Å². The van der Waals surface area contributed by atoms with E-state index in [-0.39, 0.29) is 5.56 Å². The molecule has 1 aliphatic heterocycles. The molecule has 1 atom stereocenters. The molecular weight excluding hydrogens is 235 g/mol. The third-order valence-electron chi connectivity index (χ3n) is 3.08. The van der Waals surface area contributed by atoms with Crippen LogP contribution >= 0.6 is 0 Å². The third-order valence-corrected chi connectivity index (χ3v) is 3.08. The Kier molecular flexibility index (Phi) is 4.15. The highest BCUT2D eigenvalue weighted by atomic mass is 19.1. The van der Waals surface area contributed by atoms with E-state index < -0.39 is 11.7 Å². The molecule has 0 saturated carbocycles. The van der Waals surface area contributed by atoms with E-state index in [0.29, 0.717) is 11.6 Å². The van der Waals surface area contributed by atoms with E-state index in [0.717, 1.165) is 32.6 Å². The fraction of sp³-hybridized carbons (Fsp3) is 0.462. The number of hydrogen-bond donors (Lipinski definition) is 2. The first kappa shape index (κ1) is 12.8. The molecule has 0 spiro atoms. The van der Waals surface area contributed by atoms with E-state index in [1.165, 1.54) is 12.1 Å². The van der Waals surface area contributed by atoms with Gasteiger partial charge in [0.15, 0.2) is 0 Å². The summed E-state index contributed by atoms with van der Waals surface area (Å²) in [5, 5.41) is 3.18. The monoisotopic (exact) mass is 252 g/mol. The molecule has 1 aromatic rings. The lowest BCUT2D eigenvalue weighted by atomic mass is 10.0. The highest BCUT2D eigenvalue weighted by molar-refractivity contribution is 5.94. The Morgan fingerprint density at radius 1 is 1.56 bits per heavy atom. The zero-order valence-corrected chi connectivity index (χ0v) is 10.1. The van der Waals surface area contributed by atoms with Crippen LogP contribution in [0.1, 0.15) is 23.2 Å². The zero-order chi connectivity index (χ0) is 13.0. The van der Waals surface area contributed by atoms with Crippen LogP contribution < -0.4 is 11.1 Å². The van der Waals surface area contributed by atoms with Gasteiger partial charge >= 0.3 is 0 Å². The van der Waals surface area contributed by atoms with Crippen molar-refractivity contribution in [3.63, 3.8) is 0 Å². The molecule has 0 aromatic heterocycles. The minimum atomic E-state index is -0.753. The van der Waals surface area contributed by atoms with Gasteiger partial charge in [0.1, 0.15) is 5.82 Å². The van der Waals surface area contributed by atoms with Crippen molar-refractivity contribution in [2.45, 2.75) is 12.8 Å². The normalized spacial score (nSPS) is 19.5. The number of primary amides is 1. The average molecular weight is 252 g/mol. The Morgan fingerprint density at radius 3 is 3.06 bits per heavy atom. The number of amides is 1. The van der Waals surface area contributed by atoms with Crippen LogP contribution in [0.4, 0.5) is 10.1 Å². The van der Waals surface area contributed by atoms with E-state index >= 15 is 0 Å². The standard InChI is InChI=1S/C13H17FN2O2/c14-12-4-3-10(6-11(12)13(15)17)16-7-9-2-1-5-18-8-9/h3-4,6,9,16H,1-2,5,7-8H2,(H2,15,17). The number of hydrogen-bond acceptors (Lipinski definition) is 3. The number of benzene rings is 1. The summed E-state index contributed by atoms with van der Waals surface area (Å²) < 4.78 is 18.6. The molecule has 0 aliphatic carbocycles. The summed E-state index contributed by atoms with van der Waals surface area (Å²) in [5.41, 5.74) is 5.72. The average Bonchev–Trinajstić information content (AvgIpc) is 2.38. The first-order chi connectivity index (χ1) is 8.66. The predicted molar refractivity (Wildman–Crippen MR) is 67.0 cm³/mol. The summed E-state index contributed by atoms with van der Waals surface area (Å²) >= 11 is 0. The number of carbonyl (C=O) groups excluding carboxylic acids is 1. The van der Waals surface area contributed by atoms with Crippen molar-refractivity contribution in [2.24, 2.45) is 11.7 Å². The van der Waals surface area contributed by atoms with Gasteiger partial charge < -0.3 is 15.8 Å². The van der Waals surface area contributed by atoms with Crippen molar-refractivity contribution in [1.29, 1.82) is 0 Å².